The molecule has 3 rings (SSSR count). The first-order chi connectivity index (χ1) is 11.0. The standard InChI is InChI=1S/C21H23NO/c1-5-21(3,4)17-10-8-16(9-11-17)18-13-19-15(2)7-6-12-22(19)20(18)14-23/h6-14H,5H2,1-4H3. The van der Waals surface area contributed by atoms with E-state index in [1.807, 2.05) is 16.7 Å². The van der Waals surface area contributed by atoms with E-state index in [9.17, 15) is 4.79 Å². The summed E-state index contributed by atoms with van der Waals surface area (Å²) >= 11 is 0. The van der Waals surface area contributed by atoms with Gasteiger partial charge in [-0.25, -0.2) is 0 Å². The maximum atomic E-state index is 11.6. The minimum absolute atomic E-state index is 0.175. The summed E-state index contributed by atoms with van der Waals surface area (Å²) in [4.78, 5) is 11.6. The van der Waals surface area contributed by atoms with Crippen LogP contribution in [-0.4, -0.2) is 10.7 Å². The number of rotatable bonds is 4. The van der Waals surface area contributed by atoms with Crippen LogP contribution in [0, 0.1) is 6.92 Å². The fraction of sp³-hybridized carbons (Fsp3) is 0.286. The second-order valence-electron chi connectivity index (χ2n) is 6.82. The van der Waals surface area contributed by atoms with Crippen LogP contribution in [0.3, 0.4) is 0 Å². The Kier molecular flexibility index (Phi) is 3.85. The summed E-state index contributed by atoms with van der Waals surface area (Å²) in [5, 5.41) is 0. The van der Waals surface area contributed by atoms with E-state index in [2.05, 4.69) is 64.1 Å². The van der Waals surface area contributed by atoms with Crippen molar-refractivity contribution < 1.29 is 4.79 Å². The van der Waals surface area contributed by atoms with E-state index in [1.54, 1.807) is 0 Å². The molecule has 0 aliphatic rings. The van der Waals surface area contributed by atoms with E-state index in [1.165, 1.54) is 11.1 Å². The van der Waals surface area contributed by atoms with Gasteiger partial charge in [-0.2, -0.15) is 0 Å². The molecule has 118 valence electrons. The Morgan fingerprint density at radius 1 is 1.13 bits per heavy atom. The Hall–Kier alpha value is -2.35. The Morgan fingerprint density at radius 2 is 1.83 bits per heavy atom. The summed E-state index contributed by atoms with van der Waals surface area (Å²) in [6, 6.07) is 14.8. The predicted molar refractivity (Wildman–Crippen MR) is 96.3 cm³/mol. The molecule has 2 nitrogen and oxygen atoms in total. The van der Waals surface area contributed by atoms with Crippen LogP contribution < -0.4 is 0 Å². The number of aromatic nitrogens is 1. The second kappa shape index (κ2) is 5.69. The molecule has 3 aromatic rings. The molecule has 0 aliphatic carbocycles. The van der Waals surface area contributed by atoms with Crippen LogP contribution in [0.5, 0.6) is 0 Å². The maximum Gasteiger partial charge on any atom is 0.167 e. The monoisotopic (exact) mass is 305 g/mol. The van der Waals surface area contributed by atoms with Crippen LogP contribution in [0.15, 0.2) is 48.7 Å². The van der Waals surface area contributed by atoms with Gasteiger partial charge in [0.25, 0.3) is 0 Å². The van der Waals surface area contributed by atoms with Gasteiger partial charge in [-0.05, 0) is 47.6 Å². The van der Waals surface area contributed by atoms with E-state index < -0.39 is 0 Å². The summed E-state index contributed by atoms with van der Waals surface area (Å²) in [6.45, 7) is 8.80. The zero-order chi connectivity index (χ0) is 16.6. The molecule has 0 spiro atoms. The fourth-order valence-electron chi connectivity index (χ4n) is 3.02. The minimum atomic E-state index is 0.175. The van der Waals surface area contributed by atoms with Crippen LogP contribution >= 0.6 is 0 Å². The van der Waals surface area contributed by atoms with Crippen molar-refractivity contribution >= 4 is 11.8 Å². The lowest BCUT2D eigenvalue weighted by atomic mass is 9.82. The van der Waals surface area contributed by atoms with Gasteiger partial charge in [0.15, 0.2) is 6.29 Å². The number of aldehydes is 1. The van der Waals surface area contributed by atoms with Gasteiger partial charge in [0.05, 0.1) is 5.69 Å². The van der Waals surface area contributed by atoms with E-state index >= 15 is 0 Å². The number of hydrogen-bond acceptors (Lipinski definition) is 1. The smallest absolute Gasteiger partial charge is 0.167 e. The van der Waals surface area contributed by atoms with Crippen molar-refractivity contribution in [2.45, 2.75) is 39.5 Å². The molecule has 2 heterocycles. The molecule has 0 unspecified atom stereocenters. The molecule has 0 atom stereocenters. The van der Waals surface area contributed by atoms with Crippen molar-refractivity contribution in [2.24, 2.45) is 0 Å². The molecule has 0 bridgehead atoms. The molecule has 0 saturated heterocycles. The number of benzene rings is 1. The topological polar surface area (TPSA) is 21.5 Å². The number of pyridine rings is 1. The van der Waals surface area contributed by atoms with Gasteiger partial charge >= 0.3 is 0 Å². The molecule has 1 aromatic carbocycles. The molecular formula is C21H23NO. The van der Waals surface area contributed by atoms with Crippen molar-refractivity contribution in [3.05, 3.63) is 65.5 Å². The van der Waals surface area contributed by atoms with Crippen molar-refractivity contribution in [2.75, 3.05) is 0 Å². The van der Waals surface area contributed by atoms with Crippen LogP contribution in [0.2, 0.25) is 0 Å². The number of carbonyl (C=O) groups is 1. The molecule has 0 aliphatic heterocycles. The molecule has 2 aromatic heterocycles. The van der Waals surface area contributed by atoms with E-state index in [0.29, 0.717) is 5.69 Å². The van der Waals surface area contributed by atoms with E-state index in [4.69, 9.17) is 0 Å². The minimum Gasteiger partial charge on any atom is -0.313 e. The fourth-order valence-corrected chi connectivity index (χ4v) is 3.02. The van der Waals surface area contributed by atoms with Crippen molar-refractivity contribution in [1.82, 2.24) is 4.40 Å². The van der Waals surface area contributed by atoms with Gasteiger partial charge in [-0.15, -0.1) is 0 Å². The Morgan fingerprint density at radius 3 is 2.43 bits per heavy atom. The highest BCUT2D eigenvalue weighted by Crippen LogP contribution is 2.32. The van der Waals surface area contributed by atoms with Crippen LogP contribution in [0.1, 0.15) is 48.8 Å². The van der Waals surface area contributed by atoms with Crippen LogP contribution in [0.4, 0.5) is 0 Å². The highest BCUT2D eigenvalue weighted by molar-refractivity contribution is 5.90. The van der Waals surface area contributed by atoms with Crippen LogP contribution in [-0.2, 0) is 5.41 Å². The number of aryl methyl sites for hydroxylation is 1. The normalized spacial score (nSPS) is 11.8. The number of nitrogens with zero attached hydrogens (tertiary/aromatic N) is 1. The summed E-state index contributed by atoms with van der Waals surface area (Å²) in [7, 11) is 0. The van der Waals surface area contributed by atoms with Crippen molar-refractivity contribution in [1.29, 1.82) is 0 Å². The Balaban J connectivity index is 2.14. The van der Waals surface area contributed by atoms with Gasteiger partial charge < -0.3 is 4.40 Å². The second-order valence-corrected chi connectivity index (χ2v) is 6.82. The SMILES string of the molecule is CCC(C)(C)c1ccc(-c2cc3c(C)cccn3c2C=O)cc1. The molecule has 0 fully saturated rings. The number of hydrogen-bond donors (Lipinski definition) is 0. The average Bonchev–Trinajstić information content (AvgIpc) is 2.95. The zero-order valence-corrected chi connectivity index (χ0v) is 14.3. The molecule has 23 heavy (non-hydrogen) atoms. The first-order valence-electron chi connectivity index (χ1n) is 8.14. The maximum absolute atomic E-state index is 11.6. The van der Waals surface area contributed by atoms with Gasteiger partial charge in [0, 0.05) is 17.3 Å². The van der Waals surface area contributed by atoms with Gasteiger partial charge in [0.1, 0.15) is 0 Å². The van der Waals surface area contributed by atoms with Gasteiger partial charge in [-0.1, -0.05) is 51.1 Å². The lowest BCUT2D eigenvalue weighted by Gasteiger charge is -2.23. The highest BCUT2D eigenvalue weighted by Gasteiger charge is 2.18. The molecule has 0 saturated carbocycles. The number of fused-ring (bicyclic) bond motifs is 1. The molecule has 0 radical (unpaired) electrons. The quantitative estimate of drug-likeness (QED) is 0.590. The molecular weight excluding hydrogens is 282 g/mol. The lowest BCUT2D eigenvalue weighted by Crippen LogP contribution is -2.14. The summed E-state index contributed by atoms with van der Waals surface area (Å²) < 4.78 is 1.97. The average molecular weight is 305 g/mol. The predicted octanol–water partition coefficient (Wildman–Crippen LogP) is 5.41. The van der Waals surface area contributed by atoms with Crippen LogP contribution in [0.25, 0.3) is 16.6 Å². The molecule has 2 heteroatoms. The number of carbonyl (C=O) groups excluding carboxylic acids is 1. The Bertz CT molecular complexity index is 853. The van der Waals surface area contributed by atoms with Crippen molar-refractivity contribution in [3.63, 3.8) is 0 Å². The highest BCUT2D eigenvalue weighted by atomic mass is 16.1. The summed E-state index contributed by atoms with van der Waals surface area (Å²) in [6.07, 6.45) is 4.00. The van der Waals surface area contributed by atoms with Gasteiger partial charge in [-0.3, -0.25) is 4.79 Å². The summed E-state index contributed by atoms with van der Waals surface area (Å²) in [5.41, 5.74) is 6.56. The largest absolute Gasteiger partial charge is 0.313 e. The molecule has 0 N–H and O–H groups in total. The van der Waals surface area contributed by atoms with E-state index in [0.717, 1.165) is 29.4 Å². The lowest BCUT2D eigenvalue weighted by molar-refractivity contribution is 0.111. The third-order valence-electron chi connectivity index (χ3n) is 5.03. The first kappa shape index (κ1) is 15.5. The first-order valence-corrected chi connectivity index (χ1v) is 8.14. The molecule has 0 amide bonds. The third kappa shape index (κ3) is 2.59. The Labute approximate surface area is 137 Å². The van der Waals surface area contributed by atoms with Gasteiger partial charge in [0.2, 0.25) is 0 Å². The van der Waals surface area contributed by atoms with Crippen molar-refractivity contribution in [3.8, 4) is 11.1 Å². The van der Waals surface area contributed by atoms with E-state index in [-0.39, 0.29) is 5.41 Å². The summed E-state index contributed by atoms with van der Waals surface area (Å²) in [5.74, 6) is 0. The third-order valence-corrected chi connectivity index (χ3v) is 5.03. The zero-order valence-electron chi connectivity index (χ0n) is 14.3.